The third kappa shape index (κ3) is 1.60. The van der Waals surface area contributed by atoms with Crippen LogP contribution >= 0.6 is 11.3 Å². The number of alkyl halides is 1. The van der Waals surface area contributed by atoms with Crippen LogP contribution in [-0.4, -0.2) is 23.2 Å². The van der Waals surface area contributed by atoms with Gasteiger partial charge in [-0.05, 0) is 11.4 Å². The van der Waals surface area contributed by atoms with Crippen LogP contribution in [0.5, 0.6) is 0 Å². The summed E-state index contributed by atoms with van der Waals surface area (Å²) in [6.45, 7) is -0.197. The molecule has 4 nitrogen and oxygen atoms in total. The summed E-state index contributed by atoms with van der Waals surface area (Å²) in [7, 11) is 0. The molecule has 14 heavy (non-hydrogen) atoms. The second-order valence-corrected chi connectivity index (χ2v) is 3.58. The molecule has 0 bridgehead atoms. The summed E-state index contributed by atoms with van der Waals surface area (Å²) in [5.41, 5.74) is 5.51. The summed E-state index contributed by atoms with van der Waals surface area (Å²) >= 11 is 1.48. The number of nitrogen functional groups attached to an aromatic ring is 1. The van der Waals surface area contributed by atoms with E-state index < -0.39 is 6.67 Å². The molecule has 2 heterocycles. The fraction of sp³-hybridized carbons (Fsp3) is 0.250. The summed E-state index contributed by atoms with van der Waals surface area (Å²) in [6.07, 6.45) is 0. The van der Waals surface area contributed by atoms with E-state index in [2.05, 4.69) is 15.3 Å². The minimum Gasteiger partial charge on any atom is -0.368 e. The average molecular weight is 212 g/mol. The summed E-state index contributed by atoms with van der Waals surface area (Å²) in [5.74, 6) is 0.813. The number of hydrogen-bond donors (Lipinski definition) is 2. The lowest BCUT2D eigenvalue weighted by Crippen LogP contribution is -2.07. The predicted molar refractivity (Wildman–Crippen MR) is 56.3 cm³/mol. The zero-order valence-electron chi connectivity index (χ0n) is 7.33. The summed E-state index contributed by atoms with van der Waals surface area (Å²) in [5, 5.41) is 5.65. The maximum Gasteiger partial charge on any atom is 0.223 e. The standard InChI is InChI=1S/C8H9FN4S/c9-2-3-11-6-5-1-4-14-7(5)13-8(10)12-6/h1,4H,2-3H2,(H3,10,11,12,13). The molecule has 6 heteroatoms. The fourth-order valence-corrected chi connectivity index (χ4v) is 1.94. The van der Waals surface area contributed by atoms with Crippen molar-refractivity contribution in [3.05, 3.63) is 11.4 Å². The van der Waals surface area contributed by atoms with Crippen molar-refractivity contribution in [2.45, 2.75) is 0 Å². The molecular weight excluding hydrogens is 203 g/mol. The number of fused-ring (bicyclic) bond motifs is 1. The minimum absolute atomic E-state index is 0.210. The smallest absolute Gasteiger partial charge is 0.223 e. The second kappa shape index (κ2) is 3.75. The van der Waals surface area contributed by atoms with Crippen molar-refractivity contribution in [1.82, 2.24) is 9.97 Å². The average Bonchev–Trinajstić information content (AvgIpc) is 2.61. The minimum atomic E-state index is -0.435. The Morgan fingerprint density at radius 3 is 3.14 bits per heavy atom. The SMILES string of the molecule is Nc1nc(NCCF)c2ccsc2n1. The van der Waals surface area contributed by atoms with Gasteiger partial charge in [-0.3, -0.25) is 0 Å². The molecule has 2 rings (SSSR count). The first kappa shape index (κ1) is 9.14. The van der Waals surface area contributed by atoms with Crippen LogP contribution in [0.15, 0.2) is 11.4 Å². The van der Waals surface area contributed by atoms with Gasteiger partial charge in [-0.2, -0.15) is 4.98 Å². The monoisotopic (exact) mass is 212 g/mol. The lowest BCUT2D eigenvalue weighted by Gasteiger charge is -2.04. The van der Waals surface area contributed by atoms with Gasteiger partial charge in [0, 0.05) is 6.54 Å². The highest BCUT2D eigenvalue weighted by molar-refractivity contribution is 7.16. The van der Waals surface area contributed by atoms with Crippen molar-refractivity contribution in [3.8, 4) is 0 Å². The second-order valence-electron chi connectivity index (χ2n) is 2.69. The van der Waals surface area contributed by atoms with Crippen molar-refractivity contribution >= 4 is 33.3 Å². The maximum atomic E-state index is 12.0. The molecular formula is C8H9FN4S. The largest absolute Gasteiger partial charge is 0.368 e. The molecule has 0 aliphatic heterocycles. The van der Waals surface area contributed by atoms with Crippen molar-refractivity contribution in [3.63, 3.8) is 0 Å². The summed E-state index contributed by atoms with van der Waals surface area (Å²) < 4.78 is 12.0. The third-order valence-corrected chi connectivity index (χ3v) is 2.54. The number of nitrogens with one attached hydrogen (secondary N) is 1. The Morgan fingerprint density at radius 2 is 2.36 bits per heavy atom. The molecule has 0 aliphatic carbocycles. The van der Waals surface area contributed by atoms with Gasteiger partial charge in [0.2, 0.25) is 5.95 Å². The molecule has 0 aliphatic rings. The van der Waals surface area contributed by atoms with Crippen LogP contribution in [0, 0.1) is 0 Å². The number of aromatic nitrogens is 2. The molecule has 0 amide bonds. The molecule has 3 N–H and O–H groups in total. The molecule has 74 valence electrons. The van der Waals surface area contributed by atoms with Gasteiger partial charge in [0.05, 0.1) is 5.39 Å². The van der Waals surface area contributed by atoms with Crippen molar-refractivity contribution in [2.24, 2.45) is 0 Å². The lowest BCUT2D eigenvalue weighted by atomic mass is 10.4. The normalized spacial score (nSPS) is 10.6. The highest BCUT2D eigenvalue weighted by Gasteiger charge is 2.05. The van der Waals surface area contributed by atoms with Gasteiger partial charge in [0.15, 0.2) is 0 Å². The van der Waals surface area contributed by atoms with Gasteiger partial charge in [-0.15, -0.1) is 11.3 Å². The number of hydrogen-bond acceptors (Lipinski definition) is 5. The van der Waals surface area contributed by atoms with Crippen molar-refractivity contribution in [2.75, 3.05) is 24.3 Å². The molecule has 0 unspecified atom stereocenters. The van der Waals surface area contributed by atoms with Crippen LogP contribution in [0.25, 0.3) is 10.2 Å². The van der Waals surface area contributed by atoms with Gasteiger partial charge in [0.25, 0.3) is 0 Å². The van der Waals surface area contributed by atoms with Crippen molar-refractivity contribution in [1.29, 1.82) is 0 Å². The zero-order chi connectivity index (χ0) is 9.97. The molecule has 0 saturated heterocycles. The highest BCUT2D eigenvalue weighted by atomic mass is 32.1. The van der Waals surface area contributed by atoms with Crippen LogP contribution in [0.1, 0.15) is 0 Å². The van der Waals surface area contributed by atoms with Gasteiger partial charge in [-0.25, -0.2) is 9.37 Å². The Morgan fingerprint density at radius 1 is 1.50 bits per heavy atom. The number of rotatable bonds is 3. The van der Waals surface area contributed by atoms with E-state index in [-0.39, 0.29) is 12.5 Å². The van der Waals surface area contributed by atoms with E-state index in [0.29, 0.717) is 5.82 Å². The van der Waals surface area contributed by atoms with Gasteiger partial charge in [-0.1, -0.05) is 0 Å². The van der Waals surface area contributed by atoms with E-state index in [1.54, 1.807) is 0 Å². The molecule has 0 radical (unpaired) electrons. The Labute approximate surface area is 84.0 Å². The van der Waals surface area contributed by atoms with E-state index >= 15 is 0 Å². The Hall–Kier alpha value is -1.43. The molecule has 0 atom stereocenters. The maximum absolute atomic E-state index is 12.0. The Bertz CT molecular complexity index is 442. The van der Waals surface area contributed by atoms with Crippen LogP contribution in [0.2, 0.25) is 0 Å². The van der Waals surface area contributed by atoms with Gasteiger partial charge >= 0.3 is 0 Å². The number of anilines is 2. The van der Waals surface area contributed by atoms with Crippen molar-refractivity contribution < 1.29 is 4.39 Å². The van der Waals surface area contributed by atoms with E-state index in [4.69, 9.17) is 5.73 Å². The van der Waals surface area contributed by atoms with Gasteiger partial charge in [0.1, 0.15) is 17.3 Å². The first-order valence-electron chi connectivity index (χ1n) is 4.12. The molecule has 2 aromatic heterocycles. The van der Waals surface area contributed by atoms with Gasteiger partial charge < -0.3 is 11.1 Å². The highest BCUT2D eigenvalue weighted by Crippen LogP contribution is 2.25. The first-order chi connectivity index (χ1) is 6.81. The third-order valence-electron chi connectivity index (χ3n) is 1.73. The number of nitrogens with zero attached hydrogens (tertiary/aromatic N) is 2. The van der Waals surface area contributed by atoms with Crippen LogP contribution in [0.3, 0.4) is 0 Å². The van der Waals surface area contributed by atoms with E-state index in [1.807, 2.05) is 11.4 Å². The van der Waals surface area contributed by atoms with E-state index in [1.165, 1.54) is 11.3 Å². The number of halogens is 1. The topological polar surface area (TPSA) is 63.8 Å². The van der Waals surface area contributed by atoms with E-state index in [9.17, 15) is 4.39 Å². The number of thiophene rings is 1. The lowest BCUT2D eigenvalue weighted by molar-refractivity contribution is 0.512. The zero-order valence-corrected chi connectivity index (χ0v) is 8.14. The number of nitrogens with two attached hydrogens (primary N) is 1. The first-order valence-corrected chi connectivity index (χ1v) is 5.00. The Kier molecular flexibility index (Phi) is 2.45. The van der Waals surface area contributed by atoms with E-state index in [0.717, 1.165) is 10.2 Å². The molecule has 0 fully saturated rings. The Balaban J connectivity index is 2.44. The fourth-order valence-electron chi connectivity index (χ4n) is 1.17. The predicted octanol–water partition coefficient (Wildman–Crippen LogP) is 1.65. The molecule has 0 aromatic carbocycles. The summed E-state index contributed by atoms with van der Waals surface area (Å²) in [4.78, 5) is 8.88. The quantitative estimate of drug-likeness (QED) is 0.812. The van der Waals surface area contributed by atoms with Crippen LogP contribution in [-0.2, 0) is 0 Å². The van der Waals surface area contributed by atoms with Crippen LogP contribution in [0.4, 0.5) is 16.2 Å². The molecule has 2 aromatic rings. The summed E-state index contributed by atoms with van der Waals surface area (Å²) in [6, 6.07) is 1.89. The molecule has 0 spiro atoms. The molecule has 0 saturated carbocycles. The van der Waals surface area contributed by atoms with Crippen LogP contribution < -0.4 is 11.1 Å².